The van der Waals surface area contributed by atoms with Crippen molar-refractivity contribution in [1.82, 2.24) is 30.1 Å². The first-order valence-corrected chi connectivity index (χ1v) is 11.3. The number of furan rings is 1. The standard InChI is InChI=1S/C24H28N6O3/c1-16-9-17(2)21-11-18(24(31)25-22(21)10-16)12-29(13-19-5-3-7-32-19)15-23-26-27-28-30(23)14-20-6-4-8-33-20/h4,6,8-11,19H,3,5,7,12-15H2,1-2H3,(H,25,31). The van der Waals surface area contributed by atoms with E-state index in [4.69, 9.17) is 9.15 Å². The minimum atomic E-state index is -0.0694. The number of benzene rings is 1. The van der Waals surface area contributed by atoms with Gasteiger partial charge in [-0.1, -0.05) is 6.07 Å². The van der Waals surface area contributed by atoms with Crippen molar-refractivity contribution in [2.45, 2.75) is 52.4 Å². The molecular weight excluding hydrogens is 420 g/mol. The smallest absolute Gasteiger partial charge is 0.252 e. The topological polar surface area (TPSA) is 102 Å². The minimum absolute atomic E-state index is 0.0694. The van der Waals surface area contributed by atoms with E-state index >= 15 is 0 Å². The van der Waals surface area contributed by atoms with Gasteiger partial charge in [-0.3, -0.25) is 9.69 Å². The normalized spacial score (nSPS) is 16.3. The highest BCUT2D eigenvalue weighted by Crippen LogP contribution is 2.21. The molecule has 1 fully saturated rings. The average Bonchev–Trinajstić information content (AvgIpc) is 3.54. The summed E-state index contributed by atoms with van der Waals surface area (Å²) in [5.74, 6) is 1.50. The number of ether oxygens (including phenoxy) is 1. The van der Waals surface area contributed by atoms with E-state index in [1.165, 1.54) is 0 Å². The second kappa shape index (κ2) is 9.29. The molecule has 1 aliphatic rings. The second-order valence-corrected chi connectivity index (χ2v) is 8.80. The molecule has 172 valence electrons. The summed E-state index contributed by atoms with van der Waals surface area (Å²) in [6.07, 6.45) is 3.85. The molecule has 4 aromatic rings. The fourth-order valence-corrected chi connectivity index (χ4v) is 4.55. The number of aromatic amines is 1. The minimum Gasteiger partial charge on any atom is -0.467 e. The molecule has 0 saturated carbocycles. The van der Waals surface area contributed by atoms with Gasteiger partial charge in [-0.15, -0.1) is 5.10 Å². The SMILES string of the molecule is Cc1cc(C)c2cc(CN(Cc3nnnn3Cc3ccco3)CC3CCCO3)c(=O)[nH]c2c1. The third-order valence-electron chi connectivity index (χ3n) is 6.13. The van der Waals surface area contributed by atoms with Crippen LogP contribution in [0.2, 0.25) is 0 Å². The molecule has 1 unspecified atom stereocenters. The van der Waals surface area contributed by atoms with E-state index in [1.54, 1.807) is 10.9 Å². The van der Waals surface area contributed by atoms with Gasteiger partial charge in [0.2, 0.25) is 0 Å². The van der Waals surface area contributed by atoms with Crippen LogP contribution in [0.1, 0.15) is 41.1 Å². The lowest BCUT2D eigenvalue weighted by Gasteiger charge is -2.24. The summed E-state index contributed by atoms with van der Waals surface area (Å²) >= 11 is 0. The quantitative estimate of drug-likeness (QED) is 0.442. The van der Waals surface area contributed by atoms with E-state index in [-0.39, 0.29) is 11.7 Å². The van der Waals surface area contributed by atoms with Crippen molar-refractivity contribution < 1.29 is 9.15 Å². The van der Waals surface area contributed by atoms with Crippen molar-refractivity contribution >= 4 is 10.9 Å². The molecule has 4 heterocycles. The van der Waals surface area contributed by atoms with Crippen LogP contribution in [-0.4, -0.2) is 49.3 Å². The Morgan fingerprint density at radius 1 is 1.24 bits per heavy atom. The van der Waals surface area contributed by atoms with Crippen molar-refractivity contribution in [3.05, 3.63) is 75.2 Å². The number of pyridine rings is 1. The van der Waals surface area contributed by atoms with Crippen LogP contribution in [-0.2, 0) is 24.4 Å². The highest BCUT2D eigenvalue weighted by atomic mass is 16.5. The number of hydrogen-bond donors (Lipinski definition) is 1. The van der Waals surface area contributed by atoms with Gasteiger partial charge in [0.15, 0.2) is 5.82 Å². The zero-order valence-electron chi connectivity index (χ0n) is 19.0. The summed E-state index contributed by atoms with van der Waals surface area (Å²) in [5.41, 5.74) is 3.80. The third kappa shape index (κ3) is 4.89. The van der Waals surface area contributed by atoms with Crippen LogP contribution >= 0.6 is 0 Å². The largest absolute Gasteiger partial charge is 0.467 e. The first-order chi connectivity index (χ1) is 16.0. The highest BCUT2D eigenvalue weighted by Gasteiger charge is 2.22. The van der Waals surface area contributed by atoms with Crippen molar-refractivity contribution in [2.24, 2.45) is 0 Å². The lowest BCUT2D eigenvalue weighted by molar-refractivity contribution is 0.0663. The maximum atomic E-state index is 12.9. The van der Waals surface area contributed by atoms with Gasteiger partial charge in [0.1, 0.15) is 12.3 Å². The number of tetrazole rings is 1. The Morgan fingerprint density at radius 3 is 2.94 bits per heavy atom. The van der Waals surface area contributed by atoms with Gasteiger partial charge in [0.05, 0.1) is 18.9 Å². The number of aromatic nitrogens is 5. The van der Waals surface area contributed by atoms with Gasteiger partial charge in [0, 0.05) is 36.2 Å². The molecule has 3 aromatic heterocycles. The zero-order chi connectivity index (χ0) is 22.8. The molecule has 0 amide bonds. The van der Waals surface area contributed by atoms with E-state index in [0.717, 1.165) is 52.8 Å². The van der Waals surface area contributed by atoms with Crippen molar-refractivity contribution in [3.8, 4) is 0 Å². The van der Waals surface area contributed by atoms with Gasteiger partial charge in [0.25, 0.3) is 5.56 Å². The molecule has 1 N–H and O–H groups in total. The van der Waals surface area contributed by atoms with Crippen LogP contribution in [0.15, 0.2) is 45.8 Å². The van der Waals surface area contributed by atoms with Gasteiger partial charge in [-0.2, -0.15) is 0 Å². The molecule has 33 heavy (non-hydrogen) atoms. The number of fused-ring (bicyclic) bond motifs is 1. The van der Waals surface area contributed by atoms with E-state index in [9.17, 15) is 4.79 Å². The summed E-state index contributed by atoms with van der Waals surface area (Å²) < 4.78 is 13.1. The lowest BCUT2D eigenvalue weighted by atomic mass is 10.0. The molecule has 9 nitrogen and oxygen atoms in total. The first-order valence-electron chi connectivity index (χ1n) is 11.3. The number of H-pyrrole nitrogens is 1. The maximum Gasteiger partial charge on any atom is 0.252 e. The highest BCUT2D eigenvalue weighted by molar-refractivity contribution is 5.83. The number of hydrogen-bond acceptors (Lipinski definition) is 7. The molecule has 0 spiro atoms. The molecule has 0 bridgehead atoms. The predicted molar refractivity (Wildman–Crippen MR) is 123 cm³/mol. The van der Waals surface area contributed by atoms with Crippen LogP contribution in [0.25, 0.3) is 10.9 Å². The molecule has 1 aromatic carbocycles. The number of nitrogens with zero attached hydrogens (tertiary/aromatic N) is 5. The monoisotopic (exact) mass is 448 g/mol. The van der Waals surface area contributed by atoms with E-state index in [0.29, 0.717) is 32.0 Å². The summed E-state index contributed by atoms with van der Waals surface area (Å²) in [6, 6.07) is 9.90. The fourth-order valence-electron chi connectivity index (χ4n) is 4.55. The molecule has 1 atom stereocenters. The van der Waals surface area contributed by atoms with Crippen LogP contribution in [0.3, 0.4) is 0 Å². The van der Waals surface area contributed by atoms with Crippen molar-refractivity contribution in [1.29, 1.82) is 0 Å². The van der Waals surface area contributed by atoms with Crippen LogP contribution in [0.4, 0.5) is 0 Å². The van der Waals surface area contributed by atoms with Crippen LogP contribution in [0.5, 0.6) is 0 Å². The molecule has 5 rings (SSSR count). The second-order valence-electron chi connectivity index (χ2n) is 8.80. The molecule has 1 saturated heterocycles. The van der Waals surface area contributed by atoms with E-state index < -0.39 is 0 Å². The lowest BCUT2D eigenvalue weighted by Crippen LogP contribution is -2.34. The molecular formula is C24H28N6O3. The Hall–Kier alpha value is -3.30. The fraction of sp³-hybridized carbons (Fsp3) is 0.417. The number of nitrogens with one attached hydrogen (secondary N) is 1. The van der Waals surface area contributed by atoms with E-state index in [1.807, 2.05) is 31.2 Å². The zero-order valence-corrected chi connectivity index (χ0v) is 19.0. The van der Waals surface area contributed by atoms with Gasteiger partial charge in [-0.25, -0.2) is 4.68 Å². The summed E-state index contributed by atoms with van der Waals surface area (Å²) in [5, 5.41) is 13.3. The van der Waals surface area contributed by atoms with Crippen molar-refractivity contribution in [2.75, 3.05) is 13.2 Å². The predicted octanol–water partition coefficient (Wildman–Crippen LogP) is 2.95. The number of rotatable bonds is 8. The Balaban J connectivity index is 1.42. The molecule has 9 heteroatoms. The Bertz CT molecular complexity index is 1290. The molecule has 0 aliphatic carbocycles. The summed E-state index contributed by atoms with van der Waals surface area (Å²) in [4.78, 5) is 18.2. The Kier molecular flexibility index (Phi) is 6.06. The van der Waals surface area contributed by atoms with Gasteiger partial charge in [-0.05, 0) is 72.5 Å². The van der Waals surface area contributed by atoms with Crippen LogP contribution in [0, 0.1) is 13.8 Å². The summed E-state index contributed by atoms with van der Waals surface area (Å²) in [7, 11) is 0. The van der Waals surface area contributed by atoms with Crippen LogP contribution < -0.4 is 5.56 Å². The molecule has 1 aliphatic heterocycles. The Labute approximate surface area is 191 Å². The summed E-state index contributed by atoms with van der Waals surface area (Å²) in [6.45, 7) is 7.03. The third-order valence-corrected chi connectivity index (χ3v) is 6.13. The maximum absolute atomic E-state index is 12.9. The average molecular weight is 449 g/mol. The van der Waals surface area contributed by atoms with Gasteiger partial charge < -0.3 is 14.1 Å². The van der Waals surface area contributed by atoms with E-state index in [2.05, 4.69) is 38.4 Å². The van der Waals surface area contributed by atoms with Gasteiger partial charge >= 0.3 is 0 Å². The molecule has 0 radical (unpaired) electrons. The number of aryl methyl sites for hydroxylation is 2. The van der Waals surface area contributed by atoms with Crippen molar-refractivity contribution in [3.63, 3.8) is 0 Å². The first kappa shape index (κ1) is 21.5. The Morgan fingerprint density at radius 2 is 2.15 bits per heavy atom.